The van der Waals surface area contributed by atoms with Crippen LogP contribution in [0.15, 0.2) is 36.4 Å². The van der Waals surface area contributed by atoms with Gasteiger partial charge in [-0.15, -0.1) is 0 Å². The maximum atomic E-state index is 6.21. The number of thioether (sulfide) groups is 2. The molecule has 0 fully saturated rings. The quantitative estimate of drug-likeness (QED) is 0.289. The fourth-order valence-electron chi connectivity index (χ4n) is 5.70. The van der Waals surface area contributed by atoms with Crippen LogP contribution in [0.2, 0.25) is 0 Å². The number of methoxy groups -OCH3 is 2. The van der Waals surface area contributed by atoms with Crippen LogP contribution in [-0.4, -0.2) is 14.2 Å². The monoisotopic (exact) mass is 604 g/mol. The zero-order chi connectivity index (χ0) is 31.0. The Labute approximate surface area is 264 Å². The van der Waals surface area contributed by atoms with Crippen LogP contribution < -0.4 is 9.47 Å². The highest BCUT2D eigenvalue weighted by Crippen LogP contribution is 2.41. The normalized spacial score (nSPS) is 15.0. The van der Waals surface area contributed by atoms with Gasteiger partial charge in [-0.1, -0.05) is 98.7 Å². The van der Waals surface area contributed by atoms with E-state index in [4.69, 9.17) is 9.47 Å². The Balaban J connectivity index is 1.97. The van der Waals surface area contributed by atoms with E-state index in [2.05, 4.69) is 106 Å². The summed E-state index contributed by atoms with van der Waals surface area (Å²) in [6.45, 7) is 23.1. The molecular weight excluding hydrogens is 553 g/mol. The average Bonchev–Trinajstić information content (AvgIpc) is 2.88. The maximum absolute atomic E-state index is 6.21. The van der Waals surface area contributed by atoms with Crippen molar-refractivity contribution in [2.75, 3.05) is 14.2 Å². The summed E-state index contributed by atoms with van der Waals surface area (Å²) in [7, 11) is 3.66. The van der Waals surface area contributed by atoms with E-state index in [0.29, 0.717) is 0 Å². The predicted octanol–water partition coefficient (Wildman–Crippen LogP) is 10.7. The average molecular weight is 605 g/mol. The zero-order valence-corrected chi connectivity index (χ0v) is 29.8. The molecule has 4 rings (SSSR count). The first kappa shape index (κ1) is 32.9. The summed E-state index contributed by atoms with van der Waals surface area (Å²) in [5.41, 5.74) is 13.7. The minimum atomic E-state index is 0.0347. The second-order valence-electron chi connectivity index (χ2n) is 15.0. The summed E-state index contributed by atoms with van der Waals surface area (Å²) in [5.74, 6) is 5.84. The molecule has 0 saturated carbocycles. The van der Waals surface area contributed by atoms with Crippen molar-refractivity contribution in [3.05, 3.63) is 92.0 Å². The third-order valence-electron chi connectivity index (χ3n) is 8.53. The van der Waals surface area contributed by atoms with Gasteiger partial charge in [-0.3, -0.25) is 0 Å². The molecule has 2 nitrogen and oxygen atoms in total. The molecular formula is C38H52O2S2. The molecule has 3 aromatic carbocycles. The van der Waals surface area contributed by atoms with E-state index in [9.17, 15) is 0 Å². The second-order valence-corrected chi connectivity index (χ2v) is 17.0. The van der Waals surface area contributed by atoms with Crippen LogP contribution in [0.4, 0.5) is 0 Å². The smallest absolute Gasteiger partial charge is 0.126 e. The van der Waals surface area contributed by atoms with E-state index in [1.54, 1.807) is 0 Å². The molecule has 0 radical (unpaired) electrons. The lowest BCUT2D eigenvalue weighted by atomic mass is 9.82. The van der Waals surface area contributed by atoms with E-state index in [0.717, 1.165) is 40.9 Å². The first-order valence-corrected chi connectivity index (χ1v) is 17.5. The summed E-state index contributed by atoms with van der Waals surface area (Å²) >= 11 is 4.00. The lowest BCUT2D eigenvalue weighted by Gasteiger charge is -2.26. The van der Waals surface area contributed by atoms with Gasteiger partial charge in [0, 0.05) is 40.6 Å². The highest BCUT2D eigenvalue weighted by Gasteiger charge is 2.25. The highest BCUT2D eigenvalue weighted by molar-refractivity contribution is 7.98. The van der Waals surface area contributed by atoms with Crippen LogP contribution in [-0.2, 0) is 45.7 Å². The minimum absolute atomic E-state index is 0.0347. The van der Waals surface area contributed by atoms with Crippen molar-refractivity contribution in [1.82, 2.24) is 0 Å². The van der Waals surface area contributed by atoms with Crippen LogP contribution in [0.1, 0.15) is 118 Å². The number of ether oxygens (including phenoxy) is 2. The first-order valence-electron chi connectivity index (χ1n) is 15.2. The Kier molecular flexibility index (Phi) is 9.80. The lowest BCUT2D eigenvalue weighted by molar-refractivity contribution is 0.401. The highest BCUT2D eigenvalue weighted by atomic mass is 32.2. The van der Waals surface area contributed by atoms with E-state index in [1.807, 2.05) is 37.7 Å². The molecule has 0 spiro atoms. The first-order chi connectivity index (χ1) is 19.5. The SMILES string of the molecule is COc1c2cc(C(C)(C)C)cc1Cc1cc(C(C)(C)C)cc(c1OC)CSCc1cc(C(C)(C)C)cc(c1C)CSC2. The van der Waals surface area contributed by atoms with Crippen molar-refractivity contribution in [3.8, 4) is 11.5 Å². The third kappa shape index (κ3) is 7.36. The fourth-order valence-corrected chi connectivity index (χ4v) is 7.81. The molecule has 1 aliphatic rings. The van der Waals surface area contributed by atoms with Crippen LogP contribution in [0.5, 0.6) is 11.5 Å². The fraction of sp³-hybridized carbons (Fsp3) is 0.526. The summed E-state index contributed by atoms with van der Waals surface area (Å²) in [5, 5.41) is 0. The van der Waals surface area contributed by atoms with Crippen molar-refractivity contribution in [1.29, 1.82) is 0 Å². The van der Waals surface area contributed by atoms with Crippen molar-refractivity contribution in [3.63, 3.8) is 0 Å². The molecule has 1 heterocycles. The summed E-state index contributed by atoms with van der Waals surface area (Å²) in [4.78, 5) is 0. The number of hydrogen-bond donors (Lipinski definition) is 0. The molecule has 4 heteroatoms. The van der Waals surface area contributed by atoms with Gasteiger partial charge in [0.1, 0.15) is 11.5 Å². The predicted molar refractivity (Wildman–Crippen MR) is 186 cm³/mol. The van der Waals surface area contributed by atoms with Crippen molar-refractivity contribution >= 4 is 23.5 Å². The van der Waals surface area contributed by atoms with Gasteiger partial charge in [-0.05, 0) is 67.7 Å². The Morgan fingerprint density at radius 3 is 1.07 bits per heavy atom. The van der Waals surface area contributed by atoms with Crippen LogP contribution in [0.25, 0.3) is 0 Å². The summed E-state index contributed by atoms with van der Waals surface area (Å²) in [6, 6.07) is 14.4. The van der Waals surface area contributed by atoms with Crippen LogP contribution >= 0.6 is 23.5 Å². The Morgan fingerprint density at radius 2 is 0.762 bits per heavy atom. The summed E-state index contributed by atoms with van der Waals surface area (Å²) < 4.78 is 12.4. The number of rotatable bonds is 2. The number of hydrogen-bond acceptors (Lipinski definition) is 4. The Hall–Kier alpha value is -2.04. The molecule has 6 bridgehead atoms. The van der Waals surface area contributed by atoms with Crippen molar-refractivity contribution in [2.24, 2.45) is 0 Å². The Bertz CT molecular complexity index is 1330. The molecule has 1 aliphatic heterocycles. The lowest BCUT2D eigenvalue weighted by Crippen LogP contribution is -2.15. The summed E-state index contributed by atoms with van der Waals surface area (Å²) in [6.07, 6.45) is 0.780. The zero-order valence-electron chi connectivity index (χ0n) is 28.1. The third-order valence-corrected chi connectivity index (χ3v) is 10.6. The van der Waals surface area contributed by atoms with Gasteiger partial charge in [0.05, 0.1) is 14.2 Å². The van der Waals surface area contributed by atoms with E-state index >= 15 is 0 Å². The van der Waals surface area contributed by atoms with Crippen molar-refractivity contribution < 1.29 is 9.47 Å². The molecule has 0 unspecified atom stereocenters. The van der Waals surface area contributed by atoms with Crippen molar-refractivity contribution in [2.45, 2.75) is 115 Å². The van der Waals surface area contributed by atoms with Gasteiger partial charge in [0.25, 0.3) is 0 Å². The standard InChI is InChI=1S/C38H52O2S2/c1-24-27-16-33(38(8,9)10)17-28(24)21-42-23-30-19-32(37(5,6)7)15-26(35(30)40-12)13-25-14-31(36(2,3)4)18-29(22-41-20-27)34(25)39-11/h14-19H,13,20-23H2,1-12H3. The van der Waals surface area contributed by atoms with Gasteiger partial charge in [-0.25, -0.2) is 0 Å². The number of benzene rings is 3. The topological polar surface area (TPSA) is 18.5 Å². The Morgan fingerprint density at radius 1 is 0.476 bits per heavy atom. The maximum Gasteiger partial charge on any atom is 0.126 e. The molecule has 0 aliphatic carbocycles. The number of fused-ring (bicyclic) bond motifs is 6. The molecule has 0 amide bonds. The molecule has 0 aromatic heterocycles. The molecule has 0 atom stereocenters. The molecule has 0 saturated heterocycles. The van der Waals surface area contributed by atoms with E-state index < -0.39 is 0 Å². The van der Waals surface area contributed by atoms with Gasteiger partial charge in [0.2, 0.25) is 0 Å². The molecule has 228 valence electrons. The minimum Gasteiger partial charge on any atom is -0.496 e. The van der Waals surface area contributed by atoms with Crippen LogP contribution in [0.3, 0.4) is 0 Å². The van der Waals surface area contributed by atoms with E-state index in [-0.39, 0.29) is 16.2 Å². The molecule has 42 heavy (non-hydrogen) atoms. The largest absolute Gasteiger partial charge is 0.496 e. The van der Waals surface area contributed by atoms with Gasteiger partial charge in [-0.2, -0.15) is 23.5 Å². The van der Waals surface area contributed by atoms with Crippen LogP contribution in [0, 0.1) is 6.92 Å². The second kappa shape index (κ2) is 12.5. The van der Waals surface area contributed by atoms with Gasteiger partial charge in [0.15, 0.2) is 0 Å². The van der Waals surface area contributed by atoms with Gasteiger partial charge >= 0.3 is 0 Å². The van der Waals surface area contributed by atoms with E-state index in [1.165, 1.54) is 55.6 Å². The van der Waals surface area contributed by atoms with Gasteiger partial charge < -0.3 is 9.47 Å². The molecule has 3 aromatic rings. The molecule has 0 N–H and O–H groups in total.